The van der Waals surface area contributed by atoms with Crippen molar-refractivity contribution in [3.63, 3.8) is 0 Å². The van der Waals surface area contributed by atoms with Crippen molar-refractivity contribution in [1.82, 2.24) is 20.4 Å². The van der Waals surface area contributed by atoms with E-state index in [1.54, 1.807) is 29.9 Å². The van der Waals surface area contributed by atoms with Gasteiger partial charge in [0.1, 0.15) is 11.7 Å². The molecule has 8 heteroatoms. The first-order valence-corrected chi connectivity index (χ1v) is 12.2. The molecule has 0 aliphatic heterocycles. The molecular weight excluding hydrogens is 518 g/mol. The molecule has 0 aliphatic carbocycles. The molecule has 1 atom stereocenters. The van der Waals surface area contributed by atoms with Crippen LogP contribution in [0.4, 0.5) is 0 Å². The highest BCUT2D eigenvalue weighted by atomic mass is 79.9. The molecule has 0 unspecified atom stereocenters. The first-order chi connectivity index (χ1) is 17.5. The number of carbonyl (C=O) groups is 2. The number of benzene rings is 3. The van der Waals surface area contributed by atoms with Crippen LogP contribution in [0.5, 0.6) is 0 Å². The van der Waals surface area contributed by atoms with Crippen LogP contribution in [0.2, 0.25) is 0 Å². The van der Waals surface area contributed by atoms with Crippen LogP contribution in [-0.2, 0) is 17.8 Å². The smallest absolute Gasteiger partial charge is 0.270 e. The Balaban J connectivity index is 1.68. The molecule has 1 aromatic heterocycles. The van der Waals surface area contributed by atoms with Crippen molar-refractivity contribution in [3.05, 3.63) is 112 Å². The van der Waals surface area contributed by atoms with Gasteiger partial charge in [-0.15, -0.1) is 0 Å². The van der Waals surface area contributed by atoms with Gasteiger partial charge in [-0.05, 0) is 35.4 Å². The Labute approximate surface area is 217 Å². The number of rotatable bonds is 8. The van der Waals surface area contributed by atoms with E-state index in [-0.39, 0.29) is 12.5 Å². The van der Waals surface area contributed by atoms with E-state index in [0.29, 0.717) is 23.4 Å². The van der Waals surface area contributed by atoms with Gasteiger partial charge >= 0.3 is 0 Å². The standard InChI is InChI=1S/C28H24BrN5O2/c1-31-27(35)25(15-19-8-7-13-23(29)14-19)32-28(36)26-16-24(20-9-3-2-4-10-20)33-34(26)18-22-12-6-5-11-21(22)17-30/h2-14,16,25H,15,18H2,1H3,(H,31,35)(H,32,36)/t25-/m0/s1. The lowest BCUT2D eigenvalue weighted by Gasteiger charge is -2.18. The fourth-order valence-electron chi connectivity index (χ4n) is 3.91. The van der Waals surface area contributed by atoms with Gasteiger partial charge < -0.3 is 10.6 Å². The van der Waals surface area contributed by atoms with E-state index in [2.05, 4.69) is 37.7 Å². The summed E-state index contributed by atoms with van der Waals surface area (Å²) in [4.78, 5) is 26.2. The lowest BCUT2D eigenvalue weighted by atomic mass is 10.0. The number of amides is 2. The molecule has 36 heavy (non-hydrogen) atoms. The number of carbonyl (C=O) groups excluding carboxylic acids is 2. The van der Waals surface area contributed by atoms with Gasteiger partial charge in [0, 0.05) is 23.5 Å². The molecule has 0 aliphatic rings. The SMILES string of the molecule is CNC(=O)[C@H](Cc1cccc(Br)c1)NC(=O)c1cc(-c2ccccc2)nn1Cc1ccccc1C#N. The predicted molar refractivity (Wildman–Crippen MR) is 141 cm³/mol. The van der Waals surface area contributed by atoms with Crippen molar-refractivity contribution in [2.45, 2.75) is 19.0 Å². The largest absolute Gasteiger partial charge is 0.357 e. The highest BCUT2D eigenvalue weighted by molar-refractivity contribution is 9.10. The minimum absolute atomic E-state index is 0.232. The molecule has 4 rings (SSSR count). The van der Waals surface area contributed by atoms with Crippen LogP contribution in [0.25, 0.3) is 11.3 Å². The summed E-state index contributed by atoms with van der Waals surface area (Å²) >= 11 is 3.45. The number of halogens is 1. The van der Waals surface area contributed by atoms with Gasteiger partial charge in [0.25, 0.3) is 5.91 Å². The molecule has 2 N–H and O–H groups in total. The third kappa shape index (κ3) is 5.88. The molecule has 2 amide bonds. The summed E-state index contributed by atoms with van der Waals surface area (Å²) in [6.07, 6.45) is 0.321. The maximum atomic E-state index is 13.5. The highest BCUT2D eigenvalue weighted by Gasteiger charge is 2.24. The van der Waals surface area contributed by atoms with Crippen LogP contribution >= 0.6 is 15.9 Å². The number of nitrogens with zero attached hydrogens (tertiary/aromatic N) is 3. The fraction of sp³-hybridized carbons (Fsp3) is 0.143. The van der Waals surface area contributed by atoms with Gasteiger partial charge in [-0.25, -0.2) is 0 Å². The summed E-state index contributed by atoms with van der Waals surface area (Å²) < 4.78 is 2.47. The van der Waals surface area contributed by atoms with Gasteiger partial charge in [0.05, 0.1) is 23.9 Å². The Kier molecular flexibility index (Phi) is 7.93. The molecule has 7 nitrogen and oxygen atoms in total. The molecule has 0 saturated heterocycles. The zero-order valence-corrected chi connectivity index (χ0v) is 21.2. The van der Waals surface area contributed by atoms with Crippen molar-refractivity contribution >= 4 is 27.7 Å². The molecule has 0 fully saturated rings. The maximum Gasteiger partial charge on any atom is 0.270 e. The zero-order chi connectivity index (χ0) is 25.5. The van der Waals surface area contributed by atoms with Crippen LogP contribution in [0.1, 0.15) is 27.2 Å². The summed E-state index contributed by atoms with van der Waals surface area (Å²) in [5, 5.41) is 19.7. The summed E-state index contributed by atoms with van der Waals surface area (Å²) in [5.74, 6) is -0.727. The Hall–Kier alpha value is -4.22. The minimum atomic E-state index is -0.785. The Morgan fingerprint density at radius 3 is 2.50 bits per heavy atom. The van der Waals surface area contributed by atoms with Crippen LogP contribution < -0.4 is 10.6 Å². The van der Waals surface area contributed by atoms with Crippen LogP contribution in [0, 0.1) is 11.3 Å². The number of nitriles is 1. The first-order valence-electron chi connectivity index (χ1n) is 11.4. The highest BCUT2D eigenvalue weighted by Crippen LogP contribution is 2.21. The zero-order valence-electron chi connectivity index (χ0n) is 19.6. The average molecular weight is 542 g/mol. The van der Waals surface area contributed by atoms with Gasteiger partial charge in [0.2, 0.25) is 5.91 Å². The van der Waals surface area contributed by atoms with E-state index >= 15 is 0 Å². The Morgan fingerprint density at radius 1 is 1.03 bits per heavy atom. The van der Waals surface area contributed by atoms with E-state index in [1.165, 1.54) is 0 Å². The van der Waals surface area contributed by atoms with Crippen molar-refractivity contribution in [3.8, 4) is 17.3 Å². The normalized spacial score (nSPS) is 11.4. The predicted octanol–water partition coefficient (Wildman–Crippen LogP) is 4.32. The molecule has 4 aromatic rings. The fourth-order valence-corrected chi connectivity index (χ4v) is 4.36. The van der Waals surface area contributed by atoms with Gasteiger partial charge in [-0.1, -0.05) is 76.6 Å². The molecule has 0 spiro atoms. The topological polar surface area (TPSA) is 99.8 Å². The molecule has 180 valence electrons. The summed E-state index contributed by atoms with van der Waals surface area (Å²) in [6, 6.07) is 27.5. The number of likely N-dealkylation sites (N-methyl/N-ethyl adjacent to an activating group) is 1. The minimum Gasteiger partial charge on any atom is -0.357 e. The Bertz CT molecular complexity index is 1430. The van der Waals surface area contributed by atoms with E-state index in [4.69, 9.17) is 0 Å². The second-order valence-electron chi connectivity index (χ2n) is 8.18. The van der Waals surface area contributed by atoms with E-state index < -0.39 is 11.9 Å². The molecule has 0 saturated carbocycles. The average Bonchev–Trinajstić information content (AvgIpc) is 3.32. The van der Waals surface area contributed by atoms with Gasteiger partial charge in [-0.2, -0.15) is 10.4 Å². The van der Waals surface area contributed by atoms with Crippen LogP contribution in [-0.4, -0.2) is 34.7 Å². The molecule has 0 bridgehead atoms. The molecule has 3 aromatic carbocycles. The van der Waals surface area contributed by atoms with Gasteiger partial charge in [0.15, 0.2) is 0 Å². The van der Waals surface area contributed by atoms with Crippen molar-refractivity contribution < 1.29 is 9.59 Å². The first kappa shape index (κ1) is 24.9. The Morgan fingerprint density at radius 2 is 1.78 bits per heavy atom. The number of hydrogen-bond donors (Lipinski definition) is 2. The third-order valence-electron chi connectivity index (χ3n) is 5.74. The number of aromatic nitrogens is 2. The van der Waals surface area contributed by atoms with E-state index in [0.717, 1.165) is 21.2 Å². The summed E-state index contributed by atoms with van der Waals surface area (Å²) in [5.41, 5.74) is 3.94. The van der Waals surface area contributed by atoms with Crippen molar-refractivity contribution in [2.24, 2.45) is 0 Å². The van der Waals surface area contributed by atoms with Crippen LogP contribution in [0.3, 0.4) is 0 Å². The molecule has 1 heterocycles. The van der Waals surface area contributed by atoms with Crippen molar-refractivity contribution in [1.29, 1.82) is 5.26 Å². The lowest BCUT2D eigenvalue weighted by Crippen LogP contribution is -2.47. The molecular formula is C28H24BrN5O2. The third-order valence-corrected chi connectivity index (χ3v) is 6.23. The second-order valence-corrected chi connectivity index (χ2v) is 9.10. The van der Waals surface area contributed by atoms with Gasteiger partial charge in [-0.3, -0.25) is 14.3 Å². The molecule has 0 radical (unpaired) electrons. The number of hydrogen-bond acceptors (Lipinski definition) is 4. The summed E-state index contributed by atoms with van der Waals surface area (Å²) in [7, 11) is 1.54. The monoisotopic (exact) mass is 541 g/mol. The van der Waals surface area contributed by atoms with Crippen LogP contribution in [0.15, 0.2) is 89.4 Å². The quantitative estimate of drug-likeness (QED) is 0.347. The van der Waals surface area contributed by atoms with E-state index in [1.807, 2.05) is 66.7 Å². The van der Waals surface area contributed by atoms with E-state index in [9.17, 15) is 14.9 Å². The summed E-state index contributed by atoms with van der Waals surface area (Å²) in [6.45, 7) is 0.232. The lowest BCUT2D eigenvalue weighted by molar-refractivity contribution is -0.122. The number of nitrogens with one attached hydrogen (secondary N) is 2. The maximum absolute atomic E-state index is 13.5. The van der Waals surface area contributed by atoms with Crippen molar-refractivity contribution in [2.75, 3.05) is 7.05 Å². The second kappa shape index (κ2) is 11.5.